The summed E-state index contributed by atoms with van der Waals surface area (Å²) >= 11 is 0. The van der Waals surface area contributed by atoms with Crippen LogP contribution in [0.5, 0.6) is 0 Å². The third-order valence-corrected chi connectivity index (χ3v) is 2.24. The second-order valence-electron chi connectivity index (χ2n) is 3.97. The first-order chi connectivity index (χ1) is 7.10. The van der Waals surface area contributed by atoms with Gasteiger partial charge in [0.15, 0.2) is 0 Å². The summed E-state index contributed by atoms with van der Waals surface area (Å²) < 4.78 is 0. The highest BCUT2D eigenvalue weighted by Crippen LogP contribution is 1.90. The van der Waals surface area contributed by atoms with E-state index in [1.165, 1.54) is 0 Å². The molecular formula is C11H25N3O. The van der Waals surface area contributed by atoms with Crippen LogP contribution in [-0.4, -0.2) is 43.0 Å². The molecule has 0 fully saturated rings. The van der Waals surface area contributed by atoms with Crippen molar-refractivity contribution in [3.63, 3.8) is 0 Å². The van der Waals surface area contributed by atoms with E-state index in [0.717, 1.165) is 32.6 Å². The average Bonchev–Trinajstić information content (AvgIpc) is 2.15. The number of amides is 1. The normalized spacial score (nSPS) is 12.9. The summed E-state index contributed by atoms with van der Waals surface area (Å²) in [5, 5.41) is 2.88. The van der Waals surface area contributed by atoms with Gasteiger partial charge in [-0.15, -0.1) is 0 Å². The summed E-state index contributed by atoms with van der Waals surface area (Å²) in [7, 11) is 0. The first-order valence-electron chi connectivity index (χ1n) is 5.84. The zero-order chi connectivity index (χ0) is 11.7. The third kappa shape index (κ3) is 8.39. The molecular weight excluding hydrogens is 190 g/mol. The van der Waals surface area contributed by atoms with Gasteiger partial charge in [-0.1, -0.05) is 13.8 Å². The molecule has 0 aliphatic carbocycles. The van der Waals surface area contributed by atoms with Crippen molar-refractivity contribution in [2.45, 2.75) is 39.7 Å². The van der Waals surface area contributed by atoms with E-state index in [0.29, 0.717) is 6.42 Å². The minimum atomic E-state index is -0.0529. The minimum Gasteiger partial charge on any atom is -0.355 e. The number of nitrogens with two attached hydrogens (primary N) is 1. The molecule has 0 aliphatic rings. The second kappa shape index (κ2) is 8.68. The molecule has 4 heteroatoms. The molecule has 1 unspecified atom stereocenters. The van der Waals surface area contributed by atoms with Crippen LogP contribution in [0.2, 0.25) is 0 Å². The monoisotopic (exact) mass is 215 g/mol. The van der Waals surface area contributed by atoms with Crippen molar-refractivity contribution in [3.05, 3.63) is 0 Å². The molecule has 90 valence electrons. The number of hydrogen-bond acceptors (Lipinski definition) is 3. The average molecular weight is 215 g/mol. The van der Waals surface area contributed by atoms with Gasteiger partial charge in [0.1, 0.15) is 0 Å². The molecule has 0 aromatic rings. The van der Waals surface area contributed by atoms with Crippen molar-refractivity contribution in [2.75, 3.05) is 26.2 Å². The Morgan fingerprint density at radius 3 is 2.53 bits per heavy atom. The predicted molar refractivity (Wildman–Crippen MR) is 63.7 cm³/mol. The fourth-order valence-electron chi connectivity index (χ4n) is 1.46. The van der Waals surface area contributed by atoms with Crippen LogP contribution in [0.25, 0.3) is 0 Å². The molecule has 0 bridgehead atoms. The van der Waals surface area contributed by atoms with Crippen LogP contribution < -0.4 is 11.1 Å². The summed E-state index contributed by atoms with van der Waals surface area (Å²) in [6.07, 6.45) is 1.57. The minimum absolute atomic E-state index is 0.0529. The van der Waals surface area contributed by atoms with Crippen molar-refractivity contribution in [2.24, 2.45) is 5.73 Å². The van der Waals surface area contributed by atoms with Crippen LogP contribution in [0.4, 0.5) is 0 Å². The van der Waals surface area contributed by atoms with Crippen LogP contribution in [-0.2, 0) is 4.79 Å². The molecule has 1 atom stereocenters. The van der Waals surface area contributed by atoms with Crippen molar-refractivity contribution in [1.29, 1.82) is 0 Å². The van der Waals surface area contributed by atoms with Crippen molar-refractivity contribution in [3.8, 4) is 0 Å². The lowest BCUT2D eigenvalue weighted by atomic mass is 10.2. The number of rotatable bonds is 8. The number of carbonyl (C=O) groups is 1. The first kappa shape index (κ1) is 14.4. The molecule has 0 saturated carbocycles. The van der Waals surface area contributed by atoms with Gasteiger partial charge in [-0.05, 0) is 26.4 Å². The van der Waals surface area contributed by atoms with Crippen LogP contribution >= 0.6 is 0 Å². The zero-order valence-electron chi connectivity index (χ0n) is 10.3. The van der Waals surface area contributed by atoms with E-state index in [1.807, 2.05) is 6.92 Å². The molecule has 3 N–H and O–H groups in total. The fourth-order valence-corrected chi connectivity index (χ4v) is 1.46. The molecule has 0 heterocycles. The van der Waals surface area contributed by atoms with E-state index in [2.05, 4.69) is 24.1 Å². The highest BCUT2D eigenvalue weighted by molar-refractivity contribution is 5.76. The molecule has 0 aromatic carbocycles. The van der Waals surface area contributed by atoms with Gasteiger partial charge >= 0.3 is 0 Å². The van der Waals surface area contributed by atoms with E-state index in [4.69, 9.17) is 5.73 Å². The van der Waals surface area contributed by atoms with E-state index >= 15 is 0 Å². The van der Waals surface area contributed by atoms with Gasteiger partial charge < -0.3 is 16.0 Å². The first-order valence-corrected chi connectivity index (χ1v) is 5.84. The van der Waals surface area contributed by atoms with Gasteiger partial charge in [0.25, 0.3) is 0 Å². The van der Waals surface area contributed by atoms with Crippen LogP contribution in [0, 0.1) is 0 Å². The predicted octanol–water partition coefficient (Wildman–Crippen LogP) is 0.572. The lowest BCUT2D eigenvalue weighted by Crippen LogP contribution is -2.37. The van der Waals surface area contributed by atoms with Crippen molar-refractivity contribution in [1.82, 2.24) is 10.2 Å². The Morgan fingerprint density at radius 2 is 2.07 bits per heavy atom. The quantitative estimate of drug-likeness (QED) is 0.622. The third-order valence-electron chi connectivity index (χ3n) is 2.24. The summed E-state index contributed by atoms with van der Waals surface area (Å²) in [4.78, 5) is 13.6. The summed E-state index contributed by atoms with van der Waals surface area (Å²) in [5.41, 5.74) is 5.53. The number of carbonyl (C=O) groups excluding carboxylic acids is 1. The number of hydrogen-bond donors (Lipinski definition) is 2. The van der Waals surface area contributed by atoms with E-state index in [9.17, 15) is 4.79 Å². The zero-order valence-corrected chi connectivity index (χ0v) is 10.3. The molecule has 0 saturated heterocycles. The molecule has 15 heavy (non-hydrogen) atoms. The van der Waals surface area contributed by atoms with Gasteiger partial charge in [0.05, 0.1) is 0 Å². The SMILES string of the molecule is CCCN(CC)CCNC(=O)CC(C)N. The van der Waals surface area contributed by atoms with Gasteiger partial charge in [-0.2, -0.15) is 0 Å². The van der Waals surface area contributed by atoms with Gasteiger partial charge in [-0.3, -0.25) is 4.79 Å². The maximum atomic E-state index is 11.3. The van der Waals surface area contributed by atoms with Crippen LogP contribution in [0.3, 0.4) is 0 Å². The van der Waals surface area contributed by atoms with Gasteiger partial charge in [-0.25, -0.2) is 0 Å². The van der Waals surface area contributed by atoms with E-state index in [-0.39, 0.29) is 11.9 Å². The number of likely N-dealkylation sites (N-methyl/N-ethyl adjacent to an activating group) is 1. The highest BCUT2D eigenvalue weighted by Gasteiger charge is 2.05. The topological polar surface area (TPSA) is 58.4 Å². The standard InChI is InChI=1S/C11H25N3O/c1-4-7-14(5-2)8-6-13-11(15)9-10(3)12/h10H,4-9,12H2,1-3H3,(H,13,15). The Hall–Kier alpha value is -0.610. The van der Waals surface area contributed by atoms with E-state index < -0.39 is 0 Å². The molecule has 0 spiro atoms. The second-order valence-corrected chi connectivity index (χ2v) is 3.97. The highest BCUT2D eigenvalue weighted by atomic mass is 16.1. The molecule has 4 nitrogen and oxygen atoms in total. The number of nitrogens with one attached hydrogen (secondary N) is 1. The van der Waals surface area contributed by atoms with E-state index in [1.54, 1.807) is 0 Å². The molecule has 0 aliphatic heterocycles. The Morgan fingerprint density at radius 1 is 1.40 bits per heavy atom. The summed E-state index contributed by atoms with van der Waals surface area (Å²) in [6, 6.07) is -0.0529. The van der Waals surface area contributed by atoms with Crippen LogP contribution in [0.1, 0.15) is 33.6 Å². The van der Waals surface area contributed by atoms with Crippen LogP contribution in [0.15, 0.2) is 0 Å². The van der Waals surface area contributed by atoms with Gasteiger partial charge in [0.2, 0.25) is 5.91 Å². The van der Waals surface area contributed by atoms with Crippen molar-refractivity contribution >= 4 is 5.91 Å². The number of nitrogens with zero attached hydrogens (tertiary/aromatic N) is 1. The van der Waals surface area contributed by atoms with Crippen molar-refractivity contribution < 1.29 is 4.79 Å². The Bertz CT molecular complexity index is 171. The fraction of sp³-hybridized carbons (Fsp3) is 0.909. The molecule has 0 rings (SSSR count). The summed E-state index contributed by atoms with van der Waals surface area (Å²) in [6.45, 7) is 9.93. The Labute approximate surface area is 93.2 Å². The summed E-state index contributed by atoms with van der Waals surface area (Å²) in [5.74, 6) is 0.0533. The Balaban J connectivity index is 3.54. The maximum absolute atomic E-state index is 11.3. The lowest BCUT2D eigenvalue weighted by Gasteiger charge is -2.19. The lowest BCUT2D eigenvalue weighted by molar-refractivity contribution is -0.121. The molecule has 0 aromatic heterocycles. The molecule has 1 amide bonds. The largest absolute Gasteiger partial charge is 0.355 e. The van der Waals surface area contributed by atoms with Gasteiger partial charge in [0, 0.05) is 25.6 Å². The Kier molecular flexibility index (Phi) is 8.33. The molecule has 0 radical (unpaired) electrons. The smallest absolute Gasteiger partial charge is 0.221 e. The maximum Gasteiger partial charge on any atom is 0.221 e.